The van der Waals surface area contributed by atoms with E-state index in [4.69, 9.17) is 0 Å². The molecule has 0 saturated heterocycles. The Morgan fingerprint density at radius 1 is 1.19 bits per heavy atom. The van der Waals surface area contributed by atoms with E-state index in [-0.39, 0.29) is 24.1 Å². The minimum atomic E-state index is -0.409. The van der Waals surface area contributed by atoms with Gasteiger partial charge in [0.05, 0.1) is 6.54 Å². The maximum absolute atomic E-state index is 12.7. The van der Waals surface area contributed by atoms with E-state index in [9.17, 15) is 9.59 Å². The van der Waals surface area contributed by atoms with Crippen LogP contribution in [-0.4, -0.2) is 37.6 Å². The average molecular weight is 351 g/mol. The van der Waals surface area contributed by atoms with Crippen LogP contribution in [0.2, 0.25) is 0 Å². The molecular weight excluding hydrogens is 330 g/mol. The minimum Gasteiger partial charge on any atom is -0.334 e. The number of aromatic amines is 1. The number of nitrogens with one attached hydrogen (secondary N) is 1. The Hall–Kier alpha value is -3.22. The fraction of sp³-hybridized carbons (Fsp3) is 0.263. The van der Waals surface area contributed by atoms with Crippen LogP contribution in [0.25, 0.3) is 11.3 Å². The van der Waals surface area contributed by atoms with Crippen molar-refractivity contribution in [1.29, 1.82) is 0 Å². The van der Waals surface area contributed by atoms with Gasteiger partial charge in [-0.15, -0.1) is 10.2 Å². The first-order valence-corrected chi connectivity index (χ1v) is 8.40. The Balaban J connectivity index is 1.81. The molecule has 0 atom stereocenters. The maximum Gasteiger partial charge on any atom is 0.261 e. The third-order valence-corrected chi connectivity index (χ3v) is 4.15. The summed E-state index contributed by atoms with van der Waals surface area (Å²) in [5.41, 5.74) is 1.26. The molecule has 1 amide bonds. The third-order valence-electron chi connectivity index (χ3n) is 4.15. The van der Waals surface area contributed by atoms with Crippen LogP contribution in [0.5, 0.6) is 0 Å². The van der Waals surface area contributed by atoms with Crippen LogP contribution in [0.1, 0.15) is 36.1 Å². The molecule has 0 bridgehead atoms. The van der Waals surface area contributed by atoms with E-state index < -0.39 is 5.56 Å². The summed E-state index contributed by atoms with van der Waals surface area (Å²) >= 11 is 0. The van der Waals surface area contributed by atoms with Crippen molar-refractivity contribution in [2.45, 2.75) is 26.4 Å². The van der Waals surface area contributed by atoms with Gasteiger partial charge < -0.3 is 14.5 Å². The van der Waals surface area contributed by atoms with E-state index >= 15 is 0 Å². The minimum absolute atomic E-state index is 0.0998. The van der Waals surface area contributed by atoms with Gasteiger partial charge in [-0.05, 0) is 31.5 Å². The van der Waals surface area contributed by atoms with Crippen molar-refractivity contribution in [2.75, 3.05) is 7.05 Å². The van der Waals surface area contributed by atoms with E-state index in [1.54, 1.807) is 25.5 Å². The topological polar surface area (TPSA) is 83.9 Å². The zero-order valence-corrected chi connectivity index (χ0v) is 15.0. The van der Waals surface area contributed by atoms with Crippen LogP contribution in [-0.2, 0) is 6.54 Å². The second-order valence-corrected chi connectivity index (χ2v) is 6.39. The van der Waals surface area contributed by atoms with E-state index in [1.165, 1.54) is 4.90 Å². The number of carbonyl (C=O) groups is 1. The van der Waals surface area contributed by atoms with Gasteiger partial charge in [0.2, 0.25) is 0 Å². The summed E-state index contributed by atoms with van der Waals surface area (Å²) in [5.74, 6) is 0.317. The molecule has 2 heterocycles. The van der Waals surface area contributed by atoms with Gasteiger partial charge in [0.1, 0.15) is 11.9 Å². The Morgan fingerprint density at radius 2 is 1.92 bits per heavy atom. The fourth-order valence-electron chi connectivity index (χ4n) is 2.73. The lowest BCUT2D eigenvalue weighted by atomic mass is 10.1. The number of pyridine rings is 1. The normalized spacial score (nSPS) is 10.9. The second kappa shape index (κ2) is 7.35. The first kappa shape index (κ1) is 17.6. The summed E-state index contributed by atoms with van der Waals surface area (Å²) in [4.78, 5) is 29.3. The maximum atomic E-state index is 12.7. The molecule has 0 unspecified atom stereocenters. The molecule has 26 heavy (non-hydrogen) atoms. The molecule has 0 radical (unpaired) electrons. The lowest BCUT2D eigenvalue weighted by molar-refractivity contribution is 0.0777. The highest BCUT2D eigenvalue weighted by molar-refractivity contribution is 5.93. The van der Waals surface area contributed by atoms with E-state index in [2.05, 4.69) is 15.2 Å². The lowest BCUT2D eigenvalue weighted by Crippen LogP contribution is -2.32. The standard InChI is InChI=1S/C19H21N5O2/c1-13(2)24-12-20-22-17(24)11-23(3)19(26)15-9-10-16(21-18(15)25)14-7-5-4-6-8-14/h4-10,12-13H,11H2,1-3H3,(H,21,25). The zero-order chi connectivity index (χ0) is 18.7. The largest absolute Gasteiger partial charge is 0.334 e. The van der Waals surface area contributed by atoms with Crippen LogP contribution in [0.15, 0.2) is 53.6 Å². The molecule has 0 aliphatic carbocycles. The monoisotopic (exact) mass is 351 g/mol. The second-order valence-electron chi connectivity index (χ2n) is 6.39. The molecule has 0 fully saturated rings. The summed E-state index contributed by atoms with van der Waals surface area (Å²) in [5, 5.41) is 7.96. The number of carbonyl (C=O) groups excluding carboxylic acids is 1. The molecule has 3 aromatic rings. The van der Waals surface area contributed by atoms with Gasteiger partial charge in [0.25, 0.3) is 11.5 Å². The summed E-state index contributed by atoms with van der Waals surface area (Å²) in [7, 11) is 1.65. The van der Waals surface area contributed by atoms with Crippen molar-refractivity contribution in [2.24, 2.45) is 0 Å². The molecule has 1 N–H and O–H groups in total. The van der Waals surface area contributed by atoms with Crippen molar-refractivity contribution in [1.82, 2.24) is 24.6 Å². The van der Waals surface area contributed by atoms with Crippen LogP contribution < -0.4 is 5.56 Å². The average Bonchev–Trinajstić information content (AvgIpc) is 3.10. The Bertz CT molecular complexity index is 959. The zero-order valence-electron chi connectivity index (χ0n) is 15.0. The molecule has 0 aliphatic rings. The number of aromatic nitrogens is 4. The Morgan fingerprint density at radius 3 is 2.58 bits per heavy atom. The van der Waals surface area contributed by atoms with Crippen molar-refractivity contribution in [3.63, 3.8) is 0 Å². The molecule has 0 spiro atoms. The van der Waals surface area contributed by atoms with Crippen LogP contribution >= 0.6 is 0 Å². The van der Waals surface area contributed by atoms with E-state index in [1.807, 2.05) is 48.7 Å². The number of rotatable bonds is 5. The molecule has 0 saturated carbocycles. The predicted octanol–water partition coefficient (Wildman–Crippen LogP) is 2.49. The van der Waals surface area contributed by atoms with E-state index in [0.717, 1.165) is 5.56 Å². The molecule has 1 aromatic carbocycles. The van der Waals surface area contributed by atoms with Crippen LogP contribution in [0.3, 0.4) is 0 Å². The molecule has 7 nitrogen and oxygen atoms in total. The third kappa shape index (κ3) is 3.56. The SMILES string of the molecule is CC(C)n1cnnc1CN(C)C(=O)c1ccc(-c2ccccc2)[nH]c1=O. The van der Waals surface area contributed by atoms with E-state index in [0.29, 0.717) is 11.5 Å². The first-order chi connectivity index (χ1) is 12.5. The molecule has 3 rings (SSSR count). The molecular formula is C19H21N5O2. The number of H-pyrrole nitrogens is 1. The highest BCUT2D eigenvalue weighted by Gasteiger charge is 2.19. The highest BCUT2D eigenvalue weighted by Crippen LogP contribution is 2.15. The summed E-state index contributed by atoms with van der Waals surface area (Å²) in [6, 6.07) is 13.0. The summed E-state index contributed by atoms with van der Waals surface area (Å²) in [6.07, 6.45) is 1.64. The van der Waals surface area contributed by atoms with Gasteiger partial charge in [0, 0.05) is 18.8 Å². The number of nitrogens with zero attached hydrogens (tertiary/aromatic N) is 4. The van der Waals surface area contributed by atoms with Crippen LogP contribution in [0.4, 0.5) is 0 Å². The summed E-state index contributed by atoms with van der Waals surface area (Å²) in [6.45, 7) is 4.31. The van der Waals surface area contributed by atoms with Gasteiger partial charge in [-0.1, -0.05) is 30.3 Å². The lowest BCUT2D eigenvalue weighted by Gasteiger charge is -2.18. The predicted molar refractivity (Wildman–Crippen MR) is 98.7 cm³/mol. The summed E-state index contributed by atoms with van der Waals surface area (Å²) < 4.78 is 1.90. The van der Waals surface area contributed by atoms with Crippen molar-refractivity contribution in [3.8, 4) is 11.3 Å². The van der Waals surface area contributed by atoms with Gasteiger partial charge >= 0.3 is 0 Å². The first-order valence-electron chi connectivity index (χ1n) is 8.40. The quantitative estimate of drug-likeness (QED) is 0.765. The highest BCUT2D eigenvalue weighted by atomic mass is 16.2. The molecule has 134 valence electrons. The molecule has 0 aliphatic heterocycles. The van der Waals surface area contributed by atoms with Crippen LogP contribution in [0, 0.1) is 0 Å². The van der Waals surface area contributed by atoms with Gasteiger partial charge in [-0.2, -0.15) is 0 Å². The molecule has 2 aromatic heterocycles. The smallest absolute Gasteiger partial charge is 0.261 e. The fourth-order valence-corrected chi connectivity index (χ4v) is 2.73. The Labute approximate surface area is 151 Å². The number of amides is 1. The number of hydrogen-bond acceptors (Lipinski definition) is 4. The van der Waals surface area contributed by atoms with Crippen molar-refractivity contribution in [3.05, 3.63) is 70.5 Å². The number of benzene rings is 1. The molecule has 7 heteroatoms. The van der Waals surface area contributed by atoms with Gasteiger partial charge in [-0.3, -0.25) is 9.59 Å². The van der Waals surface area contributed by atoms with Crippen molar-refractivity contribution < 1.29 is 4.79 Å². The number of hydrogen-bond donors (Lipinski definition) is 1. The Kier molecular flexibility index (Phi) is 4.97. The van der Waals surface area contributed by atoms with Gasteiger partial charge in [0.15, 0.2) is 5.82 Å². The van der Waals surface area contributed by atoms with Gasteiger partial charge in [-0.25, -0.2) is 0 Å². The van der Waals surface area contributed by atoms with Crippen molar-refractivity contribution >= 4 is 5.91 Å².